The maximum Gasteiger partial charge on any atom is 0.224 e. The van der Waals surface area contributed by atoms with Gasteiger partial charge < -0.3 is 10.1 Å². The zero-order valence-electron chi connectivity index (χ0n) is 12.2. The molecule has 0 saturated heterocycles. The van der Waals surface area contributed by atoms with E-state index >= 15 is 0 Å². The van der Waals surface area contributed by atoms with E-state index in [9.17, 15) is 4.79 Å². The molecule has 0 atom stereocenters. The monoisotopic (exact) mass is 381 g/mol. The third kappa shape index (κ3) is 5.35. The minimum absolute atomic E-state index is 0.0334. The normalized spacial score (nSPS) is 10.3. The van der Waals surface area contributed by atoms with Gasteiger partial charge in [-0.2, -0.15) is 0 Å². The third-order valence-electron chi connectivity index (χ3n) is 3.02. The molecule has 22 heavy (non-hydrogen) atoms. The second kappa shape index (κ2) is 8.20. The summed E-state index contributed by atoms with van der Waals surface area (Å²) in [7, 11) is 0. The molecule has 0 radical (unpaired) electrons. The quantitative estimate of drug-likeness (QED) is 0.697. The molecule has 0 unspecified atom stereocenters. The van der Waals surface area contributed by atoms with Crippen LogP contribution in [0, 0.1) is 6.92 Å². The Kier molecular flexibility index (Phi) is 6.28. The number of ether oxygens (including phenoxy) is 1. The van der Waals surface area contributed by atoms with Gasteiger partial charge in [0.2, 0.25) is 5.91 Å². The lowest BCUT2D eigenvalue weighted by molar-refractivity contribution is -0.116. The standard InChI is InChI=1S/C17H17BrClNO2/c1-12-4-9-16(15(18)11-12)22-10-2-3-17(21)20-14-7-5-13(19)6-8-14/h4-9,11H,2-3,10H2,1H3,(H,20,21). The number of aryl methyl sites for hydroxylation is 1. The van der Waals surface area contributed by atoms with Gasteiger partial charge in [0.05, 0.1) is 11.1 Å². The van der Waals surface area contributed by atoms with Crippen LogP contribution in [-0.4, -0.2) is 12.5 Å². The summed E-state index contributed by atoms with van der Waals surface area (Å²) in [6, 6.07) is 13.0. The van der Waals surface area contributed by atoms with Crippen molar-refractivity contribution >= 4 is 39.1 Å². The Morgan fingerprint density at radius 1 is 1.23 bits per heavy atom. The van der Waals surface area contributed by atoms with Crippen LogP contribution in [0.25, 0.3) is 0 Å². The van der Waals surface area contributed by atoms with Crippen LogP contribution >= 0.6 is 27.5 Å². The molecule has 0 bridgehead atoms. The largest absolute Gasteiger partial charge is 0.492 e. The summed E-state index contributed by atoms with van der Waals surface area (Å²) < 4.78 is 6.59. The summed E-state index contributed by atoms with van der Waals surface area (Å²) in [5.74, 6) is 0.762. The summed E-state index contributed by atoms with van der Waals surface area (Å²) in [6.45, 7) is 2.52. The molecule has 2 aromatic rings. The van der Waals surface area contributed by atoms with E-state index in [2.05, 4.69) is 21.2 Å². The second-order valence-electron chi connectivity index (χ2n) is 4.94. The van der Waals surface area contributed by atoms with E-state index in [-0.39, 0.29) is 5.91 Å². The molecule has 1 amide bonds. The van der Waals surface area contributed by atoms with Crippen LogP contribution in [0.4, 0.5) is 5.69 Å². The van der Waals surface area contributed by atoms with E-state index < -0.39 is 0 Å². The first kappa shape index (κ1) is 16.8. The van der Waals surface area contributed by atoms with Crippen molar-refractivity contribution in [1.29, 1.82) is 0 Å². The Balaban J connectivity index is 1.72. The van der Waals surface area contributed by atoms with Gasteiger partial charge in [0.15, 0.2) is 0 Å². The second-order valence-corrected chi connectivity index (χ2v) is 6.23. The maximum absolute atomic E-state index is 11.8. The minimum Gasteiger partial charge on any atom is -0.492 e. The number of rotatable bonds is 6. The SMILES string of the molecule is Cc1ccc(OCCCC(=O)Nc2ccc(Cl)cc2)c(Br)c1. The molecule has 116 valence electrons. The van der Waals surface area contributed by atoms with Crippen LogP contribution in [0.3, 0.4) is 0 Å². The third-order valence-corrected chi connectivity index (χ3v) is 3.89. The molecule has 1 N–H and O–H groups in total. The molecule has 0 aromatic heterocycles. The fourth-order valence-corrected chi connectivity index (χ4v) is 2.63. The first-order valence-corrected chi connectivity index (χ1v) is 8.16. The number of hydrogen-bond donors (Lipinski definition) is 1. The van der Waals surface area contributed by atoms with Crippen molar-refractivity contribution in [3.8, 4) is 5.75 Å². The number of benzene rings is 2. The molecule has 0 heterocycles. The van der Waals surface area contributed by atoms with Crippen LogP contribution in [-0.2, 0) is 4.79 Å². The van der Waals surface area contributed by atoms with Crippen LogP contribution in [0.15, 0.2) is 46.9 Å². The Morgan fingerprint density at radius 3 is 2.64 bits per heavy atom. The van der Waals surface area contributed by atoms with E-state index in [0.717, 1.165) is 15.9 Å². The summed E-state index contributed by atoms with van der Waals surface area (Å²) in [6.07, 6.45) is 1.06. The molecular formula is C17H17BrClNO2. The first-order valence-electron chi connectivity index (χ1n) is 6.99. The topological polar surface area (TPSA) is 38.3 Å². The molecule has 3 nitrogen and oxygen atoms in total. The predicted octanol–water partition coefficient (Wildman–Crippen LogP) is 5.21. The smallest absolute Gasteiger partial charge is 0.224 e. The summed E-state index contributed by atoms with van der Waals surface area (Å²) >= 11 is 9.26. The minimum atomic E-state index is -0.0334. The van der Waals surface area contributed by atoms with E-state index in [1.54, 1.807) is 24.3 Å². The molecule has 2 aromatic carbocycles. The highest BCUT2D eigenvalue weighted by atomic mass is 79.9. The molecule has 0 saturated carbocycles. The lowest BCUT2D eigenvalue weighted by Crippen LogP contribution is -2.12. The summed E-state index contributed by atoms with van der Waals surface area (Å²) in [4.78, 5) is 11.8. The van der Waals surface area contributed by atoms with Crippen molar-refractivity contribution in [3.63, 3.8) is 0 Å². The van der Waals surface area contributed by atoms with E-state index in [4.69, 9.17) is 16.3 Å². The highest BCUT2D eigenvalue weighted by Gasteiger charge is 2.04. The average molecular weight is 383 g/mol. The fourth-order valence-electron chi connectivity index (χ4n) is 1.89. The van der Waals surface area contributed by atoms with Gasteiger partial charge in [-0.15, -0.1) is 0 Å². The molecule has 2 rings (SSSR count). The van der Waals surface area contributed by atoms with Crippen LogP contribution in [0.5, 0.6) is 5.75 Å². The Labute approximate surface area is 143 Å². The number of carbonyl (C=O) groups excluding carboxylic acids is 1. The Morgan fingerprint density at radius 2 is 1.95 bits per heavy atom. The number of nitrogens with one attached hydrogen (secondary N) is 1. The molecule has 0 spiro atoms. The Hall–Kier alpha value is -1.52. The van der Waals surface area contributed by atoms with Gasteiger partial charge in [-0.1, -0.05) is 17.7 Å². The van der Waals surface area contributed by atoms with Gasteiger partial charge in [0, 0.05) is 17.1 Å². The van der Waals surface area contributed by atoms with Crippen molar-refractivity contribution < 1.29 is 9.53 Å². The first-order chi connectivity index (χ1) is 10.5. The van der Waals surface area contributed by atoms with Crippen LogP contribution in [0.1, 0.15) is 18.4 Å². The molecule has 0 aliphatic heterocycles. The number of anilines is 1. The van der Waals surface area contributed by atoms with E-state index in [0.29, 0.717) is 24.5 Å². The van der Waals surface area contributed by atoms with Gasteiger partial charge in [-0.25, -0.2) is 0 Å². The zero-order valence-corrected chi connectivity index (χ0v) is 14.6. The highest BCUT2D eigenvalue weighted by Crippen LogP contribution is 2.25. The molecular weight excluding hydrogens is 366 g/mol. The lowest BCUT2D eigenvalue weighted by Gasteiger charge is -2.09. The number of hydrogen-bond acceptors (Lipinski definition) is 2. The molecule has 0 fully saturated rings. The highest BCUT2D eigenvalue weighted by molar-refractivity contribution is 9.10. The fraction of sp³-hybridized carbons (Fsp3) is 0.235. The van der Waals surface area contributed by atoms with Crippen molar-refractivity contribution in [3.05, 3.63) is 57.5 Å². The van der Waals surface area contributed by atoms with Gasteiger partial charge in [-0.05, 0) is 71.2 Å². The number of carbonyl (C=O) groups is 1. The predicted molar refractivity (Wildman–Crippen MR) is 93.7 cm³/mol. The van der Waals surface area contributed by atoms with Crippen LogP contribution in [0.2, 0.25) is 5.02 Å². The van der Waals surface area contributed by atoms with Crippen molar-refractivity contribution in [2.24, 2.45) is 0 Å². The van der Waals surface area contributed by atoms with Crippen molar-refractivity contribution in [2.45, 2.75) is 19.8 Å². The average Bonchev–Trinajstić information content (AvgIpc) is 2.48. The number of halogens is 2. The Bertz CT molecular complexity index is 644. The molecule has 5 heteroatoms. The van der Waals surface area contributed by atoms with E-state index in [1.807, 2.05) is 25.1 Å². The van der Waals surface area contributed by atoms with Gasteiger partial charge in [-0.3, -0.25) is 4.79 Å². The summed E-state index contributed by atoms with van der Waals surface area (Å²) in [5, 5.41) is 3.47. The van der Waals surface area contributed by atoms with E-state index in [1.165, 1.54) is 5.56 Å². The lowest BCUT2D eigenvalue weighted by atomic mass is 10.2. The zero-order chi connectivity index (χ0) is 15.9. The van der Waals surface area contributed by atoms with Crippen LogP contribution < -0.4 is 10.1 Å². The maximum atomic E-state index is 11.8. The number of amides is 1. The van der Waals surface area contributed by atoms with Gasteiger partial charge >= 0.3 is 0 Å². The van der Waals surface area contributed by atoms with Crippen molar-refractivity contribution in [1.82, 2.24) is 0 Å². The summed E-state index contributed by atoms with van der Waals surface area (Å²) in [5.41, 5.74) is 1.91. The molecule has 0 aliphatic carbocycles. The van der Waals surface area contributed by atoms with Gasteiger partial charge in [0.25, 0.3) is 0 Å². The van der Waals surface area contributed by atoms with Crippen molar-refractivity contribution in [2.75, 3.05) is 11.9 Å². The molecule has 0 aliphatic rings. The van der Waals surface area contributed by atoms with Gasteiger partial charge in [0.1, 0.15) is 5.75 Å².